The lowest BCUT2D eigenvalue weighted by atomic mass is 10.2. The van der Waals surface area contributed by atoms with Crippen molar-refractivity contribution in [2.45, 2.75) is 30.7 Å². The van der Waals surface area contributed by atoms with Crippen LogP contribution < -0.4 is 0 Å². The van der Waals surface area contributed by atoms with E-state index in [1.165, 1.54) is 19.2 Å². The highest BCUT2D eigenvalue weighted by atomic mass is 79.9. The fourth-order valence-corrected chi connectivity index (χ4v) is 3.74. The maximum absolute atomic E-state index is 14.2. The van der Waals surface area contributed by atoms with Gasteiger partial charge in [0.2, 0.25) is 10.0 Å². The van der Waals surface area contributed by atoms with Crippen molar-refractivity contribution >= 4 is 37.6 Å². The number of sulfonamides is 1. The summed E-state index contributed by atoms with van der Waals surface area (Å²) in [5, 5.41) is 0. The van der Waals surface area contributed by atoms with Crippen LogP contribution in [0.15, 0.2) is 21.5 Å². The van der Waals surface area contributed by atoms with Crippen molar-refractivity contribution in [2.24, 2.45) is 0 Å². The van der Waals surface area contributed by atoms with Crippen LogP contribution in [0.2, 0.25) is 0 Å². The molecule has 0 saturated carbocycles. The molecule has 21 heavy (non-hydrogen) atoms. The summed E-state index contributed by atoms with van der Waals surface area (Å²) in [6.45, 7) is 4.10. The monoisotopic (exact) mass is 401 g/mol. The van der Waals surface area contributed by atoms with Gasteiger partial charge in [-0.05, 0) is 26.0 Å². The van der Waals surface area contributed by atoms with Crippen molar-refractivity contribution in [3.63, 3.8) is 0 Å². The molecule has 0 bridgehead atoms. The second-order valence-corrected chi connectivity index (χ2v) is 7.95. The Morgan fingerprint density at radius 1 is 1.43 bits per heavy atom. The molecule has 0 saturated heterocycles. The number of alkyl halides is 1. The van der Waals surface area contributed by atoms with Gasteiger partial charge in [-0.2, -0.15) is 4.31 Å². The van der Waals surface area contributed by atoms with E-state index < -0.39 is 15.8 Å². The molecule has 0 N–H and O–H groups in total. The Bertz CT molecular complexity index is 595. The number of nitrogens with zero attached hydrogens (tertiary/aromatic N) is 1. The number of rotatable bonds is 7. The van der Waals surface area contributed by atoms with E-state index in [4.69, 9.17) is 16.3 Å². The molecule has 0 aromatic heterocycles. The fraction of sp³-hybridized carbons (Fsp3) is 0.538. The summed E-state index contributed by atoms with van der Waals surface area (Å²) in [5.41, 5.74) is 0.136. The van der Waals surface area contributed by atoms with E-state index in [1.54, 1.807) is 0 Å². The van der Waals surface area contributed by atoms with Gasteiger partial charge in [0, 0.05) is 23.6 Å². The maximum atomic E-state index is 14.2. The zero-order valence-electron chi connectivity index (χ0n) is 12.1. The molecular formula is C13H18BrClFNO3S. The van der Waals surface area contributed by atoms with Crippen molar-refractivity contribution in [2.75, 3.05) is 20.2 Å². The van der Waals surface area contributed by atoms with Crippen LogP contribution in [0.5, 0.6) is 0 Å². The van der Waals surface area contributed by atoms with E-state index in [0.29, 0.717) is 4.47 Å². The average molecular weight is 403 g/mol. The molecule has 0 aliphatic carbocycles. The first-order valence-corrected chi connectivity index (χ1v) is 9.08. The van der Waals surface area contributed by atoms with Crippen LogP contribution in [-0.2, 0) is 20.6 Å². The third-order valence-corrected chi connectivity index (χ3v) is 5.37. The lowest BCUT2D eigenvalue weighted by Gasteiger charge is -2.19. The Kier molecular flexibility index (Phi) is 7.06. The molecular weight excluding hydrogens is 385 g/mol. The Balaban J connectivity index is 3.05. The highest BCUT2D eigenvalue weighted by molar-refractivity contribution is 9.10. The van der Waals surface area contributed by atoms with Crippen LogP contribution in [0, 0.1) is 5.82 Å². The molecule has 0 amide bonds. The molecule has 0 heterocycles. The average Bonchev–Trinajstić information content (AvgIpc) is 2.40. The Morgan fingerprint density at radius 3 is 2.57 bits per heavy atom. The predicted octanol–water partition coefficient (Wildman–Crippen LogP) is 3.37. The molecule has 0 atom stereocenters. The Labute approximate surface area is 138 Å². The normalized spacial score (nSPS) is 12.4. The smallest absolute Gasteiger partial charge is 0.245 e. The first kappa shape index (κ1) is 18.8. The second-order valence-electron chi connectivity index (χ2n) is 4.76. The van der Waals surface area contributed by atoms with Crippen molar-refractivity contribution in [1.82, 2.24) is 4.31 Å². The van der Waals surface area contributed by atoms with E-state index in [9.17, 15) is 12.8 Å². The van der Waals surface area contributed by atoms with E-state index in [2.05, 4.69) is 15.9 Å². The Morgan fingerprint density at radius 2 is 2.05 bits per heavy atom. The number of halogens is 3. The highest BCUT2D eigenvalue weighted by Gasteiger charge is 2.26. The molecule has 0 aliphatic heterocycles. The molecule has 1 aromatic carbocycles. The fourth-order valence-electron chi connectivity index (χ4n) is 1.61. The first-order chi connectivity index (χ1) is 9.70. The van der Waals surface area contributed by atoms with Gasteiger partial charge in [-0.15, -0.1) is 11.6 Å². The summed E-state index contributed by atoms with van der Waals surface area (Å²) < 4.78 is 45.9. The minimum absolute atomic E-state index is 0.00607. The molecule has 1 rings (SSSR count). The van der Waals surface area contributed by atoms with E-state index in [-0.39, 0.29) is 35.6 Å². The van der Waals surface area contributed by atoms with Crippen molar-refractivity contribution in [3.05, 3.63) is 28.0 Å². The van der Waals surface area contributed by atoms with E-state index >= 15 is 0 Å². The first-order valence-electron chi connectivity index (χ1n) is 6.32. The van der Waals surface area contributed by atoms with Crippen molar-refractivity contribution in [1.29, 1.82) is 0 Å². The number of benzene rings is 1. The standard InChI is InChI=1S/C13H18BrClFNO3S/c1-9(2)20-5-4-17(3)21(18,19)12-7-11(14)6-10(8-15)13(12)16/h6-7,9H,4-5,8H2,1-3H3. The van der Waals surface area contributed by atoms with Crippen LogP contribution in [0.1, 0.15) is 19.4 Å². The van der Waals surface area contributed by atoms with Crippen LogP contribution >= 0.6 is 27.5 Å². The van der Waals surface area contributed by atoms with Gasteiger partial charge < -0.3 is 4.74 Å². The quantitative estimate of drug-likeness (QED) is 0.657. The largest absolute Gasteiger partial charge is 0.377 e. The molecule has 0 spiro atoms. The minimum Gasteiger partial charge on any atom is -0.377 e. The summed E-state index contributed by atoms with van der Waals surface area (Å²) in [7, 11) is -2.54. The third-order valence-electron chi connectivity index (χ3n) is 2.77. The van der Waals surface area contributed by atoms with Crippen LogP contribution in [0.3, 0.4) is 0 Å². The molecule has 0 fully saturated rings. The van der Waals surface area contributed by atoms with Gasteiger partial charge in [0.1, 0.15) is 10.7 Å². The minimum atomic E-state index is -3.93. The molecule has 0 aliphatic rings. The number of likely N-dealkylation sites (N-methyl/N-ethyl adjacent to an activating group) is 1. The van der Waals surface area contributed by atoms with E-state index in [0.717, 1.165) is 4.31 Å². The van der Waals surface area contributed by atoms with Crippen molar-refractivity contribution in [3.8, 4) is 0 Å². The van der Waals surface area contributed by atoms with Gasteiger partial charge in [-0.3, -0.25) is 0 Å². The molecule has 4 nitrogen and oxygen atoms in total. The summed E-state index contributed by atoms with van der Waals surface area (Å²) in [4.78, 5) is -0.389. The molecule has 0 radical (unpaired) electrons. The topological polar surface area (TPSA) is 46.6 Å². The third kappa shape index (κ3) is 4.89. The van der Waals surface area contributed by atoms with Gasteiger partial charge >= 0.3 is 0 Å². The summed E-state index contributed by atoms with van der Waals surface area (Å²) in [6.07, 6.45) is 0.00607. The second kappa shape index (κ2) is 7.87. The summed E-state index contributed by atoms with van der Waals surface area (Å²) in [5.74, 6) is -0.918. The van der Waals surface area contributed by atoms with Crippen molar-refractivity contribution < 1.29 is 17.5 Å². The highest BCUT2D eigenvalue weighted by Crippen LogP contribution is 2.27. The SMILES string of the molecule is CC(C)OCCN(C)S(=O)(=O)c1cc(Br)cc(CCl)c1F. The lowest BCUT2D eigenvalue weighted by molar-refractivity contribution is 0.0737. The van der Waals surface area contributed by atoms with Gasteiger partial charge in [0.25, 0.3) is 0 Å². The zero-order valence-corrected chi connectivity index (χ0v) is 15.2. The molecule has 120 valence electrons. The summed E-state index contributed by atoms with van der Waals surface area (Å²) >= 11 is 8.80. The molecule has 0 unspecified atom stereocenters. The number of hydrogen-bond acceptors (Lipinski definition) is 3. The number of ether oxygens (including phenoxy) is 1. The van der Waals surface area contributed by atoms with Crippen LogP contribution in [0.25, 0.3) is 0 Å². The van der Waals surface area contributed by atoms with Gasteiger partial charge in [-0.25, -0.2) is 12.8 Å². The zero-order chi connectivity index (χ0) is 16.2. The van der Waals surface area contributed by atoms with Crippen LogP contribution in [-0.4, -0.2) is 39.0 Å². The van der Waals surface area contributed by atoms with Gasteiger partial charge in [0.05, 0.1) is 18.6 Å². The Hall–Kier alpha value is -0.210. The predicted molar refractivity (Wildman–Crippen MR) is 84.6 cm³/mol. The lowest BCUT2D eigenvalue weighted by Crippen LogP contribution is -2.31. The maximum Gasteiger partial charge on any atom is 0.245 e. The van der Waals surface area contributed by atoms with Crippen LogP contribution in [0.4, 0.5) is 4.39 Å². The molecule has 1 aromatic rings. The number of hydrogen-bond donors (Lipinski definition) is 0. The van der Waals surface area contributed by atoms with E-state index in [1.807, 2.05) is 13.8 Å². The summed E-state index contributed by atoms with van der Waals surface area (Å²) in [6, 6.07) is 2.70. The molecule has 8 heteroatoms. The van der Waals surface area contributed by atoms with Gasteiger partial charge in [-0.1, -0.05) is 15.9 Å². The van der Waals surface area contributed by atoms with Gasteiger partial charge in [0.15, 0.2) is 0 Å².